The van der Waals surface area contributed by atoms with E-state index in [1.807, 2.05) is 6.92 Å². The van der Waals surface area contributed by atoms with Gasteiger partial charge in [0.15, 0.2) is 0 Å². The van der Waals surface area contributed by atoms with E-state index < -0.39 is 0 Å². The average molecular weight is 200 g/mol. The first kappa shape index (κ1) is 13.1. The Balaban J connectivity index is 3.44. The summed E-state index contributed by atoms with van der Waals surface area (Å²) in [5.41, 5.74) is 0. The Bertz CT molecular complexity index is 172. The van der Waals surface area contributed by atoms with Crippen LogP contribution in [0, 0.1) is 0 Å². The lowest BCUT2D eigenvalue weighted by Crippen LogP contribution is -2.39. The van der Waals surface area contributed by atoms with Crippen molar-refractivity contribution in [3.8, 4) is 0 Å². The monoisotopic (exact) mass is 200 g/mol. The highest BCUT2D eigenvalue weighted by molar-refractivity contribution is 5.78. The second-order valence-corrected chi connectivity index (χ2v) is 3.17. The molecule has 0 bridgehead atoms. The van der Waals surface area contributed by atoms with Gasteiger partial charge in [-0.05, 0) is 13.3 Å². The predicted octanol–water partition coefficient (Wildman–Crippen LogP) is 0.303. The number of carbonyl (C=O) groups excluding carboxylic acids is 1. The number of rotatable bonds is 8. The summed E-state index contributed by atoms with van der Waals surface area (Å²) in [4.78, 5) is 11.2. The van der Waals surface area contributed by atoms with E-state index in [0.29, 0.717) is 19.7 Å². The van der Waals surface area contributed by atoms with Crippen LogP contribution >= 0.6 is 0 Å². The molecule has 82 valence electrons. The summed E-state index contributed by atoms with van der Waals surface area (Å²) in [6, 6.07) is 0.160. The van der Waals surface area contributed by atoms with Crippen molar-refractivity contribution in [1.82, 2.24) is 10.6 Å². The van der Waals surface area contributed by atoms with E-state index in [-0.39, 0.29) is 11.9 Å². The van der Waals surface area contributed by atoms with Crippen LogP contribution in [0.5, 0.6) is 0 Å². The van der Waals surface area contributed by atoms with Gasteiger partial charge in [-0.3, -0.25) is 4.79 Å². The number of methoxy groups -OCH3 is 1. The molecule has 0 saturated carbocycles. The molecular formula is C10H20N2O2. The number of hydrogen-bond donors (Lipinski definition) is 2. The zero-order valence-corrected chi connectivity index (χ0v) is 9.01. The molecule has 0 fully saturated rings. The summed E-state index contributed by atoms with van der Waals surface area (Å²) in [5.74, 6) is 0.00968. The molecule has 0 aromatic carbocycles. The summed E-state index contributed by atoms with van der Waals surface area (Å²) in [5, 5.41) is 5.79. The van der Waals surface area contributed by atoms with Gasteiger partial charge < -0.3 is 15.4 Å². The smallest absolute Gasteiger partial charge is 0.234 e. The molecule has 0 spiro atoms. The maximum Gasteiger partial charge on any atom is 0.234 e. The van der Waals surface area contributed by atoms with E-state index in [2.05, 4.69) is 17.2 Å². The molecule has 14 heavy (non-hydrogen) atoms. The lowest BCUT2D eigenvalue weighted by Gasteiger charge is -2.13. The molecule has 4 heteroatoms. The molecule has 2 N–H and O–H groups in total. The molecule has 0 aromatic rings. The van der Waals surface area contributed by atoms with Crippen LogP contribution in [0.4, 0.5) is 0 Å². The number of carbonyl (C=O) groups is 1. The molecule has 0 aromatic heterocycles. The van der Waals surface area contributed by atoms with Crippen LogP contribution in [-0.2, 0) is 9.53 Å². The summed E-state index contributed by atoms with van der Waals surface area (Å²) >= 11 is 0. The van der Waals surface area contributed by atoms with Gasteiger partial charge in [0, 0.05) is 26.3 Å². The minimum absolute atomic E-state index is 0.00968. The van der Waals surface area contributed by atoms with Crippen molar-refractivity contribution < 1.29 is 9.53 Å². The van der Waals surface area contributed by atoms with Crippen molar-refractivity contribution in [3.63, 3.8) is 0 Å². The lowest BCUT2D eigenvalue weighted by molar-refractivity contribution is -0.120. The van der Waals surface area contributed by atoms with E-state index in [4.69, 9.17) is 4.74 Å². The third kappa shape index (κ3) is 7.76. The Labute approximate surface area is 85.7 Å². The Hall–Kier alpha value is -0.870. The number of nitrogens with one attached hydrogen (secondary N) is 2. The quantitative estimate of drug-likeness (QED) is 0.438. The average Bonchev–Trinajstić information content (AvgIpc) is 2.15. The molecule has 0 aliphatic rings. The van der Waals surface area contributed by atoms with Crippen LogP contribution < -0.4 is 10.6 Å². The fraction of sp³-hybridized carbons (Fsp3) is 0.700. The second-order valence-electron chi connectivity index (χ2n) is 3.17. The Kier molecular flexibility index (Phi) is 8.17. The fourth-order valence-electron chi connectivity index (χ4n) is 0.980. The summed E-state index contributed by atoms with van der Waals surface area (Å²) in [7, 11) is 1.65. The highest BCUT2D eigenvalue weighted by atomic mass is 16.5. The molecular weight excluding hydrogens is 180 g/mol. The first-order valence-corrected chi connectivity index (χ1v) is 4.80. The topological polar surface area (TPSA) is 50.4 Å². The largest absolute Gasteiger partial charge is 0.385 e. The van der Waals surface area contributed by atoms with E-state index in [1.54, 1.807) is 13.2 Å². The van der Waals surface area contributed by atoms with Gasteiger partial charge in [0.1, 0.15) is 0 Å². The Morgan fingerprint density at radius 3 is 2.93 bits per heavy atom. The molecule has 0 radical (unpaired) electrons. The highest BCUT2D eigenvalue weighted by Crippen LogP contribution is 1.89. The van der Waals surface area contributed by atoms with E-state index >= 15 is 0 Å². The molecule has 0 saturated heterocycles. The van der Waals surface area contributed by atoms with Gasteiger partial charge in [-0.25, -0.2) is 0 Å². The van der Waals surface area contributed by atoms with Crippen molar-refractivity contribution in [1.29, 1.82) is 0 Å². The molecule has 0 rings (SSSR count). The Morgan fingerprint density at radius 2 is 2.36 bits per heavy atom. The van der Waals surface area contributed by atoms with Crippen LogP contribution in [0.1, 0.15) is 13.3 Å². The minimum Gasteiger partial charge on any atom is -0.385 e. The van der Waals surface area contributed by atoms with E-state index in [9.17, 15) is 4.79 Å². The highest BCUT2D eigenvalue weighted by Gasteiger charge is 2.05. The maximum absolute atomic E-state index is 11.2. The fourth-order valence-corrected chi connectivity index (χ4v) is 0.980. The first-order chi connectivity index (χ1) is 6.70. The predicted molar refractivity (Wildman–Crippen MR) is 57.2 cm³/mol. The summed E-state index contributed by atoms with van der Waals surface area (Å²) < 4.78 is 4.91. The minimum atomic E-state index is 0.00968. The normalized spacial score (nSPS) is 12.1. The van der Waals surface area contributed by atoms with E-state index in [1.165, 1.54) is 0 Å². The molecule has 1 atom stereocenters. The summed E-state index contributed by atoms with van der Waals surface area (Å²) in [6.07, 6.45) is 2.56. The van der Waals surface area contributed by atoms with Crippen molar-refractivity contribution in [3.05, 3.63) is 12.7 Å². The number of amides is 1. The lowest BCUT2D eigenvalue weighted by atomic mass is 10.2. The van der Waals surface area contributed by atoms with Crippen molar-refractivity contribution in [2.75, 3.05) is 26.8 Å². The molecule has 0 heterocycles. The number of hydrogen-bond acceptors (Lipinski definition) is 3. The van der Waals surface area contributed by atoms with Gasteiger partial charge in [0.25, 0.3) is 0 Å². The van der Waals surface area contributed by atoms with Gasteiger partial charge in [-0.1, -0.05) is 6.08 Å². The van der Waals surface area contributed by atoms with Gasteiger partial charge in [-0.15, -0.1) is 6.58 Å². The van der Waals surface area contributed by atoms with Gasteiger partial charge in [0.05, 0.1) is 6.54 Å². The van der Waals surface area contributed by atoms with Gasteiger partial charge >= 0.3 is 0 Å². The molecule has 0 aliphatic carbocycles. The zero-order chi connectivity index (χ0) is 10.8. The van der Waals surface area contributed by atoms with Gasteiger partial charge in [-0.2, -0.15) is 0 Å². The van der Waals surface area contributed by atoms with Crippen LogP contribution in [0.3, 0.4) is 0 Å². The maximum atomic E-state index is 11.2. The van der Waals surface area contributed by atoms with Crippen molar-refractivity contribution in [2.24, 2.45) is 0 Å². The second kappa shape index (κ2) is 8.72. The molecule has 1 amide bonds. The Morgan fingerprint density at radius 1 is 1.64 bits per heavy atom. The first-order valence-electron chi connectivity index (χ1n) is 4.80. The number of ether oxygens (including phenoxy) is 1. The van der Waals surface area contributed by atoms with Crippen LogP contribution in [-0.4, -0.2) is 38.8 Å². The van der Waals surface area contributed by atoms with Crippen molar-refractivity contribution in [2.45, 2.75) is 19.4 Å². The SMILES string of the molecule is C=CCNCC(=O)NC(C)CCOC. The molecule has 4 nitrogen and oxygen atoms in total. The standard InChI is InChI=1S/C10H20N2O2/c1-4-6-11-8-10(13)12-9(2)5-7-14-3/h4,9,11H,1,5-8H2,2-3H3,(H,12,13). The van der Waals surface area contributed by atoms with E-state index in [0.717, 1.165) is 6.42 Å². The third-order valence-corrected chi connectivity index (χ3v) is 1.74. The molecule has 1 unspecified atom stereocenters. The molecule has 0 aliphatic heterocycles. The van der Waals surface area contributed by atoms with Crippen LogP contribution in [0.25, 0.3) is 0 Å². The third-order valence-electron chi connectivity index (χ3n) is 1.74. The van der Waals surface area contributed by atoms with Crippen LogP contribution in [0.15, 0.2) is 12.7 Å². The zero-order valence-electron chi connectivity index (χ0n) is 9.01. The van der Waals surface area contributed by atoms with Crippen molar-refractivity contribution >= 4 is 5.91 Å². The van der Waals surface area contributed by atoms with Crippen LogP contribution in [0.2, 0.25) is 0 Å². The van der Waals surface area contributed by atoms with Gasteiger partial charge in [0.2, 0.25) is 5.91 Å². The summed E-state index contributed by atoms with van der Waals surface area (Å²) in [6.45, 7) is 7.17.